The minimum atomic E-state index is -0.656. The van der Waals surface area contributed by atoms with Crippen LogP contribution in [-0.2, 0) is 18.8 Å². The Morgan fingerprint density at radius 3 is 2.50 bits per heavy atom. The molecule has 0 amide bonds. The van der Waals surface area contributed by atoms with E-state index in [1.807, 2.05) is 18.7 Å². The normalized spacial score (nSPS) is 18.4. The average molecular weight is 310 g/mol. The molecule has 0 aliphatic carbocycles. The lowest BCUT2D eigenvalue weighted by Crippen LogP contribution is -2.55. The third kappa shape index (κ3) is 2.71. The van der Waals surface area contributed by atoms with Crippen LogP contribution >= 0.6 is 0 Å². The van der Waals surface area contributed by atoms with Gasteiger partial charge in [-0.3, -0.25) is 23.6 Å². The van der Waals surface area contributed by atoms with Crippen molar-refractivity contribution in [3.8, 4) is 0 Å². The van der Waals surface area contributed by atoms with E-state index in [-0.39, 0.29) is 29.2 Å². The molecule has 0 aromatic carbocycles. The van der Waals surface area contributed by atoms with E-state index in [2.05, 4.69) is 0 Å². The van der Waals surface area contributed by atoms with Crippen molar-refractivity contribution in [1.82, 2.24) is 14.0 Å². The van der Waals surface area contributed by atoms with Crippen LogP contribution in [0.5, 0.6) is 0 Å². The number of carbonyl (C=O) groups is 1. The van der Waals surface area contributed by atoms with E-state index in [9.17, 15) is 14.4 Å². The number of anilines is 1. The van der Waals surface area contributed by atoms with E-state index in [0.29, 0.717) is 19.8 Å². The van der Waals surface area contributed by atoms with Crippen LogP contribution in [0, 0.1) is 0 Å². The van der Waals surface area contributed by atoms with Crippen LogP contribution in [-0.4, -0.2) is 51.7 Å². The second-order valence-corrected chi connectivity index (χ2v) is 6.18. The minimum absolute atomic E-state index is 0.0635. The first kappa shape index (κ1) is 16.4. The Morgan fingerprint density at radius 1 is 1.27 bits per heavy atom. The number of rotatable bonds is 3. The van der Waals surface area contributed by atoms with Gasteiger partial charge in [-0.15, -0.1) is 0 Å². The molecule has 0 unspecified atom stereocenters. The maximum Gasteiger partial charge on any atom is 0.332 e. The van der Waals surface area contributed by atoms with Crippen LogP contribution in [0.25, 0.3) is 0 Å². The van der Waals surface area contributed by atoms with Crippen LogP contribution in [0.1, 0.15) is 24.2 Å². The van der Waals surface area contributed by atoms with Gasteiger partial charge in [0, 0.05) is 26.2 Å². The van der Waals surface area contributed by atoms with Crippen molar-refractivity contribution < 1.29 is 9.53 Å². The summed E-state index contributed by atoms with van der Waals surface area (Å²) in [6, 6.07) is 0. The van der Waals surface area contributed by atoms with Crippen LogP contribution in [0.2, 0.25) is 0 Å². The third-order valence-electron chi connectivity index (χ3n) is 4.14. The van der Waals surface area contributed by atoms with Crippen LogP contribution in [0.15, 0.2) is 9.59 Å². The number of nitrogens with two attached hydrogens (primary N) is 1. The Morgan fingerprint density at radius 2 is 1.91 bits per heavy atom. The molecule has 1 aromatic heterocycles. The molecule has 2 rings (SSSR count). The number of carbonyl (C=O) groups excluding carboxylic acids is 1. The van der Waals surface area contributed by atoms with E-state index in [0.717, 1.165) is 9.13 Å². The van der Waals surface area contributed by atoms with Crippen LogP contribution in [0.4, 0.5) is 5.82 Å². The first-order chi connectivity index (χ1) is 10.2. The fraction of sp³-hybridized carbons (Fsp3) is 0.643. The molecule has 1 aliphatic heterocycles. The first-order valence-electron chi connectivity index (χ1n) is 7.08. The summed E-state index contributed by atoms with van der Waals surface area (Å²) < 4.78 is 7.42. The van der Waals surface area contributed by atoms with Gasteiger partial charge in [-0.25, -0.2) is 4.79 Å². The molecule has 1 saturated heterocycles. The van der Waals surface area contributed by atoms with Crippen molar-refractivity contribution >= 4 is 11.6 Å². The zero-order chi connectivity index (χ0) is 16.7. The number of hydrogen-bond acceptors (Lipinski definition) is 6. The van der Waals surface area contributed by atoms with Crippen molar-refractivity contribution in [2.24, 2.45) is 14.1 Å². The van der Waals surface area contributed by atoms with Crippen molar-refractivity contribution in [1.29, 1.82) is 0 Å². The van der Waals surface area contributed by atoms with Gasteiger partial charge < -0.3 is 10.5 Å². The molecule has 0 spiro atoms. The molecule has 1 aliphatic rings. The summed E-state index contributed by atoms with van der Waals surface area (Å²) in [4.78, 5) is 38.5. The van der Waals surface area contributed by atoms with Crippen LogP contribution in [0.3, 0.4) is 0 Å². The van der Waals surface area contributed by atoms with Gasteiger partial charge in [-0.2, -0.15) is 0 Å². The third-order valence-corrected chi connectivity index (χ3v) is 4.14. The monoisotopic (exact) mass is 310 g/mol. The molecule has 0 radical (unpaired) electrons. The SMILES string of the molecule is Cn1c(N)c(C(=O)CN2CCOCC2(C)C)c(=O)n(C)c1=O. The number of nitrogens with zero attached hydrogens (tertiary/aromatic N) is 3. The molecular weight excluding hydrogens is 288 g/mol. The fourth-order valence-electron chi connectivity index (χ4n) is 2.56. The largest absolute Gasteiger partial charge is 0.384 e. The quantitative estimate of drug-likeness (QED) is 0.716. The first-order valence-corrected chi connectivity index (χ1v) is 7.08. The van der Waals surface area contributed by atoms with E-state index in [1.54, 1.807) is 0 Å². The number of nitrogen functional groups attached to an aromatic ring is 1. The summed E-state index contributed by atoms with van der Waals surface area (Å²) in [6.45, 7) is 5.67. The second-order valence-electron chi connectivity index (χ2n) is 6.18. The van der Waals surface area contributed by atoms with Crippen LogP contribution < -0.4 is 17.0 Å². The highest BCUT2D eigenvalue weighted by Gasteiger charge is 2.33. The van der Waals surface area contributed by atoms with E-state index < -0.39 is 11.2 Å². The number of morpholine rings is 1. The molecule has 22 heavy (non-hydrogen) atoms. The smallest absolute Gasteiger partial charge is 0.332 e. The molecule has 1 aromatic rings. The summed E-state index contributed by atoms with van der Waals surface area (Å²) in [5, 5.41) is 0. The Labute approximate surface area is 128 Å². The number of aromatic nitrogens is 2. The minimum Gasteiger partial charge on any atom is -0.384 e. The number of ketones is 1. The zero-order valence-corrected chi connectivity index (χ0v) is 13.4. The number of hydrogen-bond donors (Lipinski definition) is 1. The van der Waals surface area contributed by atoms with E-state index in [1.165, 1.54) is 14.1 Å². The van der Waals surface area contributed by atoms with E-state index in [4.69, 9.17) is 10.5 Å². The number of ether oxygens (including phenoxy) is 1. The predicted molar refractivity (Wildman–Crippen MR) is 82.1 cm³/mol. The van der Waals surface area contributed by atoms with Gasteiger partial charge in [-0.05, 0) is 13.8 Å². The van der Waals surface area contributed by atoms with Crippen molar-refractivity contribution in [2.75, 3.05) is 32.0 Å². The predicted octanol–water partition coefficient (Wildman–Crippen LogP) is -1.04. The fourth-order valence-corrected chi connectivity index (χ4v) is 2.56. The summed E-state index contributed by atoms with van der Waals surface area (Å²) in [5.74, 6) is -0.479. The van der Waals surface area contributed by atoms with Crippen molar-refractivity contribution in [3.63, 3.8) is 0 Å². The molecule has 8 nitrogen and oxygen atoms in total. The maximum atomic E-state index is 12.6. The van der Waals surface area contributed by atoms with Crippen molar-refractivity contribution in [2.45, 2.75) is 19.4 Å². The van der Waals surface area contributed by atoms with Gasteiger partial charge in [0.25, 0.3) is 5.56 Å². The Hall–Kier alpha value is -1.93. The van der Waals surface area contributed by atoms with Gasteiger partial charge in [0.05, 0.1) is 19.8 Å². The molecule has 0 atom stereocenters. The highest BCUT2D eigenvalue weighted by atomic mass is 16.5. The summed E-state index contributed by atoms with van der Waals surface area (Å²) >= 11 is 0. The molecule has 2 N–H and O–H groups in total. The van der Waals surface area contributed by atoms with Gasteiger partial charge >= 0.3 is 5.69 Å². The Bertz CT molecular complexity index is 717. The lowest BCUT2D eigenvalue weighted by molar-refractivity contribution is -0.0467. The Kier molecular flexibility index (Phi) is 4.25. The van der Waals surface area contributed by atoms with Gasteiger partial charge in [0.1, 0.15) is 11.4 Å². The summed E-state index contributed by atoms with van der Waals surface area (Å²) in [5.41, 5.74) is 4.18. The zero-order valence-electron chi connectivity index (χ0n) is 13.4. The number of Topliss-reactive ketones (excluding diaryl/α,β-unsaturated/α-hetero) is 1. The second kappa shape index (κ2) is 5.69. The standard InChI is InChI=1S/C14H22N4O4/c1-14(2)8-22-6-5-18(14)7-9(19)10-11(15)16(3)13(21)17(4)12(10)20/h5-8,15H2,1-4H3. The lowest BCUT2D eigenvalue weighted by Gasteiger charge is -2.41. The summed E-state index contributed by atoms with van der Waals surface area (Å²) in [6.07, 6.45) is 0. The molecule has 8 heteroatoms. The highest BCUT2D eigenvalue weighted by molar-refractivity contribution is 6.01. The average Bonchev–Trinajstić information content (AvgIpc) is 2.45. The molecule has 2 heterocycles. The molecule has 0 bridgehead atoms. The summed E-state index contributed by atoms with van der Waals surface area (Å²) in [7, 11) is 2.77. The maximum absolute atomic E-state index is 12.6. The van der Waals surface area contributed by atoms with Gasteiger partial charge in [-0.1, -0.05) is 0 Å². The van der Waals surface area contributed by atoms with E-state index >= 15 is 0 Å². The highest BCUT2D eigenvalue weighted by Crippen LogP contribution is 2.19. The topological polar surface area (TPSA) is 99.6 Å². The lowest BCUT2D eigenvalue weighted by atomic mass is 10.0. The molecule has 0 saturated carbocycles. The van der Waals surface area contributed by atoms with Crippen molar-refractivity contribution in [3.05, 3.63) is 26.4 Å². The Balaban J connectivity index is 2.39. The van der Waals surface area contributed by atoms with Gasteiger partial charge in [0.2, 0.25) is 0 Å². The molecule has 1 fully saturated rings. The molecule has 122 valence electrons. The molecular formula is C14H22N4O4. The van der Waals surface area contributed by atoms with Gasteiger partial charge in [0.15, 0.2) is 5.78 Å².